The average Bonchev–Trinajstić information content (AvgIpc) is 3.66. The van der Waals surface area contributed by atoms with Crippen LogP contribution in [-0.2, 0) is 9.59 Å². The Labute approximate surface area is 223 Å². The zero-order chi connectivity index (χ0) is 23.5. The second kappa shape index (κ2) is 9.73. The third-order valence-electron chi connectivity index (χ3n) is 9.50. The van der Waals surface area contributed by atoms with Crippen molar-refractivity contribution < 1.29 is 9.59 Å². The summed E-state index contributed by atoms with van der Waals surface area (Å²) in [5.41, 5.74) is 2.20. The highest BCUT2D eigenvalue weighted by Crippen LogP contribution is 2.52. The van der Waals surface area contributed by atoms with Gasteiger partial charge in [-0.1, -0.05) is 30.5 Å². The molecule has 1 unspecified atom stereocenters. The van der Waals surface area contributed by atoms with Crippen LogP contribution in [0.1, 0.15) is 44.9 Å². The highest BCUT2D eigenvalue weighted by molar-refractivity contribution is 7.13. The molecular formula is C28H35ClN4O2S. The van der Waals surface area contributed by atoms with Gasteiger partial charge in [-0.2, -0.15) is 4.37 Å². The quantitative estimate of drug-likeness (QED) is 0.527. The Morgan fingerprint density at radius 3 is 2.47 bits per heavy atom. The van der Waals surface area contributed by atoms with E-state index in [1.54, 1.807) is 16.4 Å². The maximum absolute atomic E-state index is 13.2. The van der Waals surface area contributed by atoms with Crippen molar-refractivity contribution in [3.8, 4) is 0 Å². The van der Waals surface area contributed by atoms with Crippen LogP contribution in [0, 0.1) is 23.7 Å². The van der Waals surface area contributed by atoms with Crippen LogP contribution in [0.5, 0.6) is 0 Å². The van der Waals surface area contributed by atoms with Crippen LogP contribution in [0.4, 0.5) is 5.82 Å². The normalized spacial score (nSPS) is 30.4. The van der Waals surface area contributed by atoms with Gasteiger partial charge in [-0.25, -0.2) is 0 Å². The molecule has 0 spiro atoms. The van der Waals surface area contributed by atoms with Crippen molar-refractivity contribution in [2.75, 3.05) is 44.2 Å². The third-order valence-corrected chi connectivity index (χ3v) is 10.3. The first-order chi connectivity index (χ1) is 17.2. The molecule has 4 fully saturated rings. The second-order valence-electron chi connectivity index (χ2n) is 11.3. The van der Waals surface area contributed by atoms with Gasteiger partial charge >= 0.3 is 0 Å². The van der Waals surface area contributed by atoms with Crippen molar-refractivity contribution in [3.05, 3.63) is 35.4 Å². The molecule has 6 nitrogen and oxygen atoms in total. The fourth-order valence-electron chi connectivity index (χ4n) is 7.63. The Hall–Kier alpha value is -1.96. The number of rotatable bonds is 5. The Morgan fingerprint density at radius 2 is 1.69 bits per heavy atom. The summed E-state index contributed by atoms with van der Waals surface area (Å²) in [7, 11) is 0. The lowest BCUT2D eigenvalue weighted by molar-refractivity contribution is -0.141. The van der Waals surface area contributed by atoms with Gasteiger partial charge in [0.15, 0.2) is 0 Å². The Kier molecular flexibility index (Phi) is 6.59. The fourth-order valence-corrected chi connectivity index (χ4v) is 8.43. The predicted molar refractivity (Wildman–Crippen MR) is 146 cm³/mol. The molecule has 2 bridgehead atoms. The molecule has 2 saturated heterocycles. The summed E-state index contributed by atoms with van der Waals surface area (Å²) < 4.78 is 6.02. The second-order valence-corrected chi connectivity index (χ2v) is 12.2. The first-order valence-corrected chi connectivity index (χ1v) is 14.3. The number of amides is 2. The first-order valence-electron chi connectivity index (χ1n) is 13.6. The number of hydrogen-bond acceptors (Lipinski definition) is 6. The van der Waals surface area contributed by atoms with Gasteiger partial charge < -0.3 is 4.90 Å². The van der Waals surface area contributed by atoms with Gasteiger partial charge in [0.25, 0.3) is 5.91 Å². The summed E-state index contributed by atoms with van der Waals surface area (Å²) in [4.78, 5) is 33.2. The lowest BCUT2D eigenvalue weighted by Gasteiger charge is -2.40. The lowest BCUT2D eigenvalue weighted by Crippen LogP contribution is -2.49. The minimum absolute atomic E-state index is 0. The highest BCUT2D eigenvalue weighted by Gasteiger charge is 2.54. The van der Waals surface area contributed by atoms with Gasteiger partial charge in [0, 0.05) is 50.2 Å². The molecule has 5 aliphatic rings. The summed E-state index contributed by atoms with van der Waals surface area (Å²) in [6.07, 6.45) is 8.00. The number of hydrogen-bond donors (Lipinski definition) is 0. The fraction of sp³-hybridized carbons (Fsp3) is 0.607. The van der Waals surface area contributed by atoms with Crippen LogP contribution in [0.15, 0.2) is 35.4 Å². The maximum Gasteiger partial charge on any atom is 0.257 e. The van der Waals surface area contributed by atoms with E-state index in [9.17, 15) is 9.59 Å². The predicted octanol–water partition coefficient (Wildman–Crippen LogP) is 4.74. The molecule has 8 heteroatoms. The Bertz CT molecular complexity index is 1200. The number of anilines is 1. The van der Waals surface area contributed by atoms with Crippen molar-refractivity contribution >= 4 is 51.7 Å². The van der Waals surface area contributed by atoms with Gasteiger partial charge in [0.1, 0.15) is 5.82 Å². The van der Waals surface area contributed by atoms with Crippen LogP contribution < -0.4 is 4.90 Å². The minimum Gasteiger partial charge on any atom is -0.353 e. The monoisotopic (exact) mass is 526 g/mol. The number of imide groups is 1. The number of benzene rings is 1. The summed E-state index contributed by atoms with van der Waals surface area (Å²) in [6, 6.07) is 8.52. The summed E-state index contributed by atoms with van der Waals surface area (Å²) in [5.74, 6) is 2.66. The molecule has 2 saturated carbocycles. The molecule has 3 heterocycles. The molecule has 7 rings (SSSR count). The van der Waals surface area contributed by atoms with Crippen LogP contribution in [0.3, 0.4) is 0 Å². The number of carbonyl (C=O) groups excluding carboxylic acids is 2. The van der Waals surface area contributed by atoms with Gasteiger partial charge in [-0.05, 0) is 73.5 Å². The van der Waals surface area contributed by atoms with E-state index in [2.05, 4.69) is 34.1 Å². The van der Waals surface area contributed by atoms with Crippen molar-refractivity contribution in [1.82, 2.24) is 14.2 Å². The molecule has 1 aromatic heterocycles. The van der Waals surface area contributed by atoms with E-state index in [0.717, 1.165) is 69.8 Å². The summed E-state index contributed by atoms with van der Waals surface area (Å²) >= 11 is 1.59. The number of carbonyl (C=O) groups is 2. The van der Waals surface area contributed by atoms with Crippen LogP contribution in [0.2, 0.25) is 0 Å². The van der Waals surface area contributed by atoms with Gasteiger partial charge in [0.2, 0.25) is 5.91 Å². The van der Waals surface area contributed by atoms with Crippen molar-refractivity contribution in [3.63, 3.8) is 0 Å². The number of piperazine rings is 1. The first kappa shape index (κ1) is 24.4. The van der Waals surface area contributed by atoms with Gasteiger partial charge in [0.05, 0.1) is 10.6 Å². The Balaban J connectivity index is 0.00000240. The number of aromatic nitrogens is 1. The van der Waals surface area contributed by atoms with Crippen LogP contribution >= 0.6 is 23.9 Å². The van der Waals surface area contributed by atoms with Gasteiger partial charge in [-0.3, -0.25) is 19.4 Å². The standard InChI is InChI=1S/C28H34N4O2S.ClH/c33-27-24-18-9-10-19(15-18)25(24)28(34)32(27)17-21-6-2-1-5-20(21)16-30-11-13-31(14-12-30)26-22-7-3-4-8-23(22)35-29-26;/h3-4,7-8,18,20-21,24H,1-2,5-6,9-17H2;1H/t18-,20-,21?,24+;/m0./s1. The third kappa shape index (κ3) is 3.98. The number of fused-ring (bicyclic) bond motifs is 5. The van der Waals surface area contributed by atoms with Gasteiger partial charge in [-0.15, -0.1) is 12.4 Å². The van der Waals surface area contributed by atoms with Crippen molar-refractivity contribution in [2.24, 2.45) is 23.7 Å². The molecular weight excluding hydrogens is 492 g/mol. The topological polar surface area (TPSA) is 56.8 Å². The smallest absolute Gasteiger partial charge is 0.257 e. The molecule has 192 valence electrons. The molecule has 3 aliphatic carbocycles. The van der Waals surface area contributed by atoms with E-state index < -0.39 is 0 Å². The maximum atomic E-state index is 13.2. The molecule has 2 amide bonds. The molecule has 1 aromatic carbocycles. The molecule has 36 heavy (non-hydrogen) atoms. The highest BCUT2D eigenvalue weighted by atomic mass is 35.5. The molecule has 2 aliphatic heterocycles. The van der Waals surface area contributed by atoms with E-state index in [-0.39, 0.29) is 30.1 Å². The number of allylic oxidation sites excluding steroid dienone is 1. The lowest BCUT2D eigenvalue weighted by atomic mass is 9.78. The molecule has 0 N–H and O–H groups in total. The largest absolute Gasteiger partial charge is 0.353 e. The number of halogens is 1. The zero-order valence-electron chi connectivity index (χ0n) is 20.7. The van der Waals surface area contributed by atoms with E-state index in [4.69, 9.17) is 4.37 Å². The molecule has 2 aromatic rings. The summed E-state index contributed by atoms with van der Waals surface area (Å²) in [5, 5.41) is 1.27. The SMILES string of the molecule is Cl.O=C1C2=C3CC[C@@H](C3)[C@H]2C(=O)N1CC1CCCC[C@H]1CN1CCN(c2nsc3ccccc23)CC1. The van der Waals surface area contributed by atoms with Crippen LogP contribution in [0.25, 0.3) is 10.1 Å². The van der Waals surface area contributed by atoms with Crippen molar-refractivity contribution in [2.45, 2.75) is 44.9 Å². The minimum atomic E-state index is -0.0943. The van der Waals surface area contributed by atoms with Crippen LogP contribution in [-0.4, -0.2) is 65.3 Å². The van der Waals surface area contributed by atoms with Crippen molar-refractivity contribution in [1.29, 1.82) is 0 Å². The number of likely N-dealkylation sites (tertiary alicyclic amines) is 1. The van der Waals surface area contributed by atoms with E-state index in [0.29, 0.717) is 24.3 Å². The summed E-state index contributed by atoms with van der Waals surface area (Å²) in [6.45, 7) is 5.86. The Morgan fingerprint density at radius 1 is 0.944 bits per heavy atom. The van der Waals surface area contributed by atoms with E-state index in [1.807, 2.05) is 0 Å². The van der Waals surface area contributed by atoms with E-state index in [1.165, 1.54) is 34.9 Å². The molecule has 4 atom stereocenters. The average molecular weight is 527 g/mol. The molecule has 0 radical (unpaired) electrons. The number of nitrogens with zero attached hydrogens (tertiary/aromatic N) is 4. The van der Waals surface area contributed by atoms with E-state index >= 15 is 0 Å². The zero-order valence-corrected chi connectivity index (χ0v) is 22.4.